The molecule has 2 atom stereocenters. The Morgan fingerprint density at radius 2 is 0.971 bits per heavy atom. The molecular weight excluding hydrogens is 428 g/mol. The van der Waals surface area contributed by atoms with E-state index in [4.69, 9.17) is 0 Å². The number of rotatable bonds is 10. The Hall–Kier alpha value is -1.64. The third kappa shape index (κ3) is 7.20. The third-order valence-corrected chi connectivity index (χ3v) is 8.37. The van der Waals surface area contributed by atoms with Crippen LogP contribution in [-0.4, -0.2) is 22.4 Å². The highest BCUT2D eigenvalue weighted by Gasteiger charge is 2.31. The molecule has 0 aromatic heterocycles. The van der Waals surface area contributed by atoms with Crippen molar-refractivity contribution in [3.05, 3.63) is 69.8 Å². The first-order valence-corrected chi connectivity index (χ1v) is 13.7. The molecule has 196 valence electrons. The first-order chi connectivity index (χ1) is 16.2. The number of hydrogen-bond acceptors (Lipinski definition) is 2. The summed E-state index contributed by atoms with van der Waals surface area (Å²) in [6, 6.07) is 14.0. The van der Waals surface area contributed by atoms with E-state index >= 15 is 0 Å². The van der Waals surface area contributed by atoms with Crippen LogP contribution >= 0.6 is 0 Å². The number of hydrogen-bond donors (Lipinski definition) is 2. The van der Waals surface area contributed by atoms with Gasteiger partial charge in [0.05, 0.1) is 12.2 Å². The third-order valence-electron chi connectivity index (χ3n) is 8.37. The van der Waals surface area contributed by atoms with Gasteiger partial charge in [-0.3, -0.25) is 0 Å². The van der Waals surface area contributed by atoms with Gasteiger partial charge < -0.3 is 10.2 Å². The normalized spacial score (nSPS) is 14.7. The van der Waals surface area contributed by atoms with E-state index in [1.807, 2.05) is 0 Å². The molecule has 0 spiro atoms. The van der Waals surface area contributed by atoms with Gasteiger partial charge in [0.25, 0.3) is 0 Å². The largest absolute Gasteiger partial charge is 0.393 e. The van der Waals surface area contributed by atoms with Crippen molar-refractivity contribution in [3.63, 3.8) is 0 Å². The van der Waals surface area contributed by atoms with Crippen LogP contribution in [0.5, 0.6) is 0 Å². The average molecular weight is 481 g/mol. The maximum Gasteiger partial charge on any atom is 0.0591 e. The lowest BCUT2D eigenvalue weighted by Gasteiger charge is -2.34. The maximum atomic E-state index is 10.5. The van der Waals surface area contributed by atoms with E-state index in [0.29, 0.717) is 0 Å². The first kappa shape index (κ1) is 29.6. The van der Waals surface area contributed by atoms with Gasteiger partial charge in [-0.15, -0.1) is 0 Å². The van der Waals surface area contributed by atoms with Crippen LogP contribution in [0.25, 0.3) is 0 Å². The number of aliphatic hydroxyl groups is 2. The zero-order chi connectivity index (χ0) is 26.6. The minimum atomic E-state index is -0.294. The lowest BCUT2D eigenvalue weighted by molar-refractivity contribution is 0.0559. The lowest BCUT2D eigenvalue weighted by Crippen LogP contribution is -2.27. The topological polar surface area (TPSA) is 40.5 Å². The molecule has 0 fully saturated rings. The Morgan fingerprint density at radius 3 is 1.23 bits per heavy atom. The first-order valence-electron chi connectivity index (χ1n) is 13.7. The minimum absolute atomic E-state index is 0.0115. The van der Waals surface area contributed by atoms with E-state index in [2.05, 4.69) is 106 Å². The molecule has 2 aromatic rings. The molecule has 2 heteroatoms. The highest BCUT2D eigenvalue weighted by molar-refractivity contribution is 5.45. The number of aryl methyl sites for hydroxylation is 4. The molecule has 2 nitrogen and oxygen atoms in total. The fourth-order valence-corrected chi connectivity index (χ4v) is 5.23. The lowest BCUT2D eigenvalue weighted by atomic mass is 9.69. The zero-order valence-corrected chi connectivity index (χ0v) is 24.3. The van der Waals surface area contributed by atoms with E-state index in [0.717, 1.165) is 38.5 Å². The summed E-state index contributed by atoms with van der Waals surface area (Å²) < 4.78 is 0. The summed E-state index contributed by atoms with van der Waals surface area (Å²) in [5.41, 5.74) is 7.90. The van der Waals surface area contributed by atoms with Gasteiger partial charge in [0.2, 0.25) is 0 Å². The van der Waals surface area contributed by atoms with Crippen molar-refractivity contribution in [1.82, 2.24) is 0 Å². The zero-order valence-electron chi connectivity index (χ0n) is 24.3. The van der Waals surface area contributed by atoms with Crippen LogP contribution in [0, 0.1) is 24.7 Å². The van der Waals surface area contributed by atoms with Gasteiger partial charge in [0.15, 0.2) is 0 Å². The molecule has 0 aliphatic carbocycles. The van der Waals surface area contributed by atoms with Crippen molar-refractivity contribution < 1.29 is 10.2 Å². The Bertz CT molecular complexity index is 879. The van der Waals surface area contributed by atoms with Crippen LogP contribution < -0.4 is 0 Å². The smallest absolute Gasteiger partial charge is 0.0591 e. The Balaban J connectivity index is 2.30. The minimum Gasteiger partial charge on any atom is -0.393 e. The van der Waals surface area contributed by atoms with Crippen molar-refractivity contribution >= 4 is 0 Å². The van der Waals surface area contributed by atoms with E-state index in [1.165, 1.54) is 33.4 Å². The van der Waals surface area contributed by atoms with Crippen LogP contribution in [-0.2, 0) is 18.3 Å². The Morgan fingerprint density at radius 1 is 0.629 bits per heavy atom. The van der Waals surface area contributed by atoms with Crippen LogP contribution in [0.2, 0.25) is 0 Å². The quantitative estimate of drug-likeness (QED) is 0.361. The summed E-state index contributed by atoms with van der Waals surface area (Å²) in [6.07, 6.45) is 4.91. The van der Waals surface area contributed by atoms with Gasteiger partial charge in [-0.05, 0) is 96.6 Å². The van der Waals surface area contributed by atoms with E-state index in [1.54, 1.807) is 0 Å². The van der Waals surface area contributed by atoms with Gasteiger partial charge in [0, 0.05) is 5.41 Å². The summed E-state index contributed by atoms with van der Waals surface area (Å²) >= 11 is 0. The molecule has 2 aromatic carbocycles. The molecular formula is C33H52O2. The summed E-state index contributed by atoms with van der Waals surface area (Å²) in [5.74, 6) is 0. The van der Waals surface area contributed by atoms with E-state index < -0.39 is 0 Å². The second kappa shape index (κ2) is 11.6. The van der Waals surface area contributed by atoms with Crippen LogP contribution in [0.15, 0.2) is 36.4 Å². The fraction of sp³-hybridized carbons (Fsp3) is 0.636. The van der Waals surface area contributed by atoms with Crippen molar-refractivity contribution in [1.29, 1.82) is 0 Å². The molecule has 0 radical (unpaired) electrons. The molecule has 0 saturated carbocycles. The number of benzene rings is 2. The summed E-state index contributed by atoms with van der Waals surface area (Å²) in [7, 11) is 0. The molecule has 0 aliphatic heterocycles. The second-order valence-electron chi connectivity index (χ2n) is 12.9. The highest BCUT2D eigenvalue weighted by atomic mass is 16.3. The molecule has 0 bridgehead atoms. The van der Waals surface area contributed by atoms with Crippen molar-refractivity contribution in [2.75, 3.05) is 0 Å². The van der Waals surface area contributed by atoms with Crippen LogP contribution in [0.4, 0.5) is 0 Å². The summed E-state index contributed by atoms with van der Waals surface area (Å²) in [5, 5.41) is 21.0. The SMILES string of the molecule is CCC(CC)(c1ccc(CCC(O)C(C)(C)C)c(C)c1)c1ccc(CCC(O)C(C)(C)C)c(C)c1. The molecule has 0 aliphatic rings. The van der Waals surface area contributed by atoms with Crippen molar-refractivity contribution in [2.24, 2.45) is 10.8 Å². The molecule has 0 amide bonds. The van der Waals surface area contributed by atoms with Gasteiger partial charge in [-0.1, -0.05) is 91.8 Å². The molecule has 2 rings (SSSR count). The summed E-state index contributed by atoms with van der Waals surface area (Å²) in [4.78, 5) is 0. The maximum absolute atomic E-state index is 10.5. The Labute approximate surface area is 216 Å². The van der Waals surface area contributed by atoms with Crippen molar-refractivity contribution in [2.45, 2.75) is 125 Å². The van der Waals surface area contributed by atoms with Gasteiger partial charge >= 0.3 is 0 Å². The molecule has 2 unspecified atom stereocenters. The van der Waals surface area contributed by atoms with Crippen molar-refractivity contribution in [3.8, 4) is 0 Å². The number of aliphatic hydroxyl groups excluding tert-OH is 2. The van der Waals surface area contributed by atoms with Gasteiger partial charge in [-0.2, -0.15) is 0 Å². The predicted molar refractivity (Wildman–Crippen MR) is 151 cm³/mol. The van der Waals surface area contributed by atoms with Gasteiger partial charge in [-0.25, -0.2) is 0 Å². The van der Waals surface area contributed by atoms with Crippen LogP contribution in [0.3, 0.4) is 0 Å². The molecule has 0 heterocycles. The Kier molecular flexibility index (Phi) is 9.81. The predicted octanol–water partition coefficient (Wildman–Crippen LogP) is 8.09. The summed E-state index contributed by atoms with van der Waals surface area (Å²) in [6.45, 7) is 21.6. The standard InChI is InChI=1S/C33H52O2/c1-11-33(12-2,27-17-13-25(23(3)21-27)15-19-29(34)31(5,6)7)28-18-14-26(24(4)22-28)16-20-30(35)32(8,9)10/h13-14,17-18,21-22,29-30,34-35H,11-12,15-16,19-20H2,1-10H3. The molecule has 2 N–H and O–H groups in total. The monoisotopic (exact) mass is 480 g/mol. The van der Waals surface area contributed by atoms with E-state index in [-0.39, 0.29) is 28.5 Å². The fourth-order valence-electron chi connectivity index (χ4n) is 5.23. The second-order valence-corrected chi connectivity index (χ2v) is 12.9. The molecule has 0 saturated heterocycles. The van der Waals surface area contributed by atoms with Gasteiger partial charge in [0.1, 0.15) is 0 Å². The van der Waals surface area contributed by atoms with Crippen LogP contribution in [0.1, 0.15) is 114 Å². The van der Waals surface area contributed by atoms with E-state index in [9.17, 15) is 10.2 Å². The average Bonchev–Trinajstić information content (AvgIpc) is 2.77. The molecule has 35 heavy (non-hydrogen) atoms. The highest BCUT2D eigenvalue weighted by Crippen LogP contribution is 2.40.